The van der Waals surface area contributed by atoms with Crippen molar-refractivity contribution in [2.75, 3.05) is 20.7 Å². The molecule has 0 aliphatic carbocycles. The molecule has 0 unspecified atom stereocenters. The standard InChI is InChI=1S/C14H22N2O3/c1-6-11-7-10(13(17)18)8-12(15-11)19-9-14(2,3)16(4)5/h7-8H,6,9H2,1-5H3,(H,17,18). The maximum atomic E-state index is 11.0. The van der Waals surface area contributed by atoms with E-state index in [0.717, 1.165) is 5.69 Å². The number of ether oxygens (including phenoxy) is 1. The molecule has 1 rings (SSSR count). The Morgan fingerprint density at radius 2 is 2.05 bits per heavy atom. The third-order valence-electron chi connectivity index (χ3n) is 3.25. The van der Waals surface area contributed by atoms with Crippen molar-refractivity contribution >= 4 is 5.97 Å². The van der Waals surface area contributed by atoms with E-state index in [0.29, 0.717) is 18.9 Å². The van der Waals surface area contributed by atoms with Crippen molar-refractivity contribution in [3.05, 3.63) is 23.4 Å². The molecule has 106 valence electrons. The van der Waals surface area contributed by atoms with E-state index in [1.54, 1.807) is 6.07 Å². The predicted molar refractivity (Wildman–Crippen MR) is 73.8 cm³/mol. The highest BCUT2D eigenvalue weighted by Gasteiger charge is 2.22. The summed E-state index contributed by atoms with van der Waals surface area (Å²) < 4.78 is 5.65. The second-order valence-corrected chi connectivity index (χ2v) is 5.34. The number of carboxylic acids is 1. The summed E-state index contributed by atoms with van der Waals surface area (Å²) >= 11 is 0. The molecule has 0 aromatic carbocycles. The minimum Gasteiger partial charge on any atom is -0.478 e. The largest absolute Gasteiger partial charge is 0.478 e. The number of likely N-dealkylation sites (N-methyl/N-ethyl adjacent to an activating group) is 1. The van der Waals surface area contributed by atoms with Crippen molar-refractivity contribution in [2.24, 2.45) is 0 Å². The van der Waals surface area contributed by atoms with Gasteiger partial charge in [0.2, 0.25) is 5.88 Å². The zero-order chi connectivity index (χ0) is 14.6. The van der Waals surface area contributed by atoms with E-state index < -0.39 is 5.97 Å². The Bertz CT molecular complexity index is 456. The Morgan fingerprint density at radius 3 is 2.53 bits per heavy atom. The van der Waals surface area contributed by atoms with Crippen LogP contribution in [0.25, 0.3) is 0 Å². The van der Waals surface area contributed by atoms with Crippen LogP contribution in [0.5, 0.6) is 5.88 Å². The minimum atomic E-state index is -0.964. The van der Waals surface area contributed by atoms with Gasteiger partial charge in [0, 0.05) is 17.3 Å². The van der Waals surface area contributed by atoms with Gasteiger partial charge in [0.25, 0.3) is 0 Å². The summed E-state index contributed by atoms with van der Waals surface area (Å²) in [5, 5.41) is 9.05. The van der Waals surface area contributed by atoms with Gasteiger partial charge >= 0.3 is 5.97 Å². The first-order valence-electron chi connectivity index (χ1n) is 6.30. The first kappa shape index (κ1) is 15.4. The summed E-state index contributed by atoms with van der Waals surface area (Å²) in [6.07, 6.45) is 0.675. The molecule has 0 radical (unpaired) electrons. The lowest BCUT2D eigenvalue weighted by molar-refractivity contribution is 0.0695. The van der Waals surface area contributed by atoms with E-state index in [1.807, 2.05) is 21.0 Å². The number of carbonyl (C=O) groups is 1. The fourth-order valence-corrected chi connectivity index (χ4v) is 1.32. The van der Waals surface area contributed by atoms with Gasteiger partial charge in [0.05, 0.1) is 5.56 Å². The van der Waals surface area contributed by atoms with E-state index in [2.05, 4.69) is 23.7 Å². The fraction of sp³-hybridized carbons (Fsp3) is 0.571. The minimum absolute atomic E-state index is 0.146. The molecule has 0 bridgehead atoms. The van der Waals surface area contributed by atoms with Gasteiger partial charge in [-0.2, -0.15) is 0 Å². The van der Waals surface area contributed by atoms with Crippen molar-refractivity contribution in [3.8, 4) is 5.88 Å². The Morgan fingerprint density at radius 1 is 1.42 bits per heavy atom. The lowest BCUT2D eigenvalue weighted by Crippen LogP contribution is -2.43. The number of carboxylic acid groups (broad SMARTS) is 1. The summed E-state index contributed by atoms with van der Waals surface area (Å²) in [5.74, 6) is -0.597. The number of hydrogen-bond donors (Lipinski definition) is 1. The van der Waals surface area contributed by atoms with Crippen LogP contribution in [0.1, 0.15) is 36.8 Å². The van der Waals surface area contributed by atoms with Crippen LogP contribution in [0.15, 0.2) is 12.1 Å². The number of rotatable bonds is 6. The highest BCUT2D eigenvalue weighted by molar-refractivity contribution is 5.88. The van der Waals surface area contributed by atoms with Crippen molar-refractivity contribution < 1.29 is 14.6 Å². The molecule has 5 nitrogen and oxygen atoms in total. The molecular formula is C14H22N2O3. The smallest absolute Gasteiger partial charge is 0.335 e. The molecule has 1 heterocycles. The number of aryl methyl sites for hydroxylation is 1. The fourth-order valence-electron chi connectivity index (χ4n) is 1.32. The Hall–Kier alpha value is -1.62. The van der Waals surface area contributed by atoms with Gasteiger partial charge in [-0.15, -0.1) is 0 Å². The zero-order valence-electron chi connectivity index (χ0n) is 12.2. The van der Waals surface area contributed by atoms with E-state index in [-0.39, 0.29) is 11.1 Å². The predicted octanol–water partition coefficient (Wildman–Crippen LogP) is 2.06. The highest BCUT2D eigenvalue weighted by atomic mass is 16.5. The van der Waals surface area contributed by atoms with Crippen molar-refractivity contribution in [1.29, 1.82) is 0 Å². The summed E-state index contributed by atoms with van der Waals surface area (Å²) in [7, 11) is 3.95. The average Bonchev–Trinajstić information content (AvgIpc) is 2.35. The van der Waals surface area contributed by atoms with Crippen LogP contribution in [0.2, 0.25) is 0 Å². The van der Waals surface area contributed by atoms with Gasteiger partial charge in [-0.05, 0) is 40.4 Å². The first-order chi connectivity index (χ1) is 8.76. The molecule has 5 heteroatoms. The second-order valence-electron chi connectivity index (χ2n) is 5.34. The van der Waals surface area contributed by atoms with E-state index >= 15 is 0 Å². The van der Waals surface area contributed by atoms with Crippen LogP contribution in [-0.4, -0.2) is 47.2 Å². The molecule has 0 saturated heterocycles. The van der Waals surface area contributed by atoms with Crippen molar-refractivity contribution in [3.63, 3.8) is 0 Å². The Kier molecular flexibility index (Phi) is 4.89. The SMILES string of the molecule is CCc1cc(C(=O)O)cc(OCC(C)(C)N(C)C)n1. The molecule has 0 spiro atoms. The monoisotopic (exact) mass is 266 g/mol. The lowest BCUT2D eigenvalue weighted by Gasteiger charge is -2.31. The third-order valence-corrected chi connectivity index (χ3v) is 3.25. The first-order valence-corrected chi connectivity index (χ1v) is 6.30. The van der Waals surface area contributed by atoms with Crippen LogP contribution in [0.3, 0.4) is 0 Å². The van der Waals surface area contributed by atoms with Gasteiger partial charge in [-0.25, -0.2) is 9.78 Å². The van der Waals surface area contributed by atoms with Crippen molar-refractivity contribution in [1.82, 2.24) is 9.88 Å². The molecule has 0 amide bonds. The number of aromatic nitrogens is 1. The number of aromatic carboxylic acids is 1. The lowest BCUT2D eigenvalue weighted by atomic mass is 10.1. The molecule has 0 atom stereocenters. The van der Waals surface area contributed by atoms with E-state index in [1.165, 1.54) is 6.07 Å². The maximum Gasteiger partial charge on any atom is 0.335 e. The molecule has 0 saturated carbocycles. The Balaban J connectivity index is 2.89. The molecular weight excluding hydrogens is 244 g/mol. The van der Waals surface area contributed by atoms with Gasteiger partial charge in [0.15, 0.2) is 0 Å². The maximum absolute atomic E-state index is 11.0. The molecule has 1 N–H and O–H groups in total. The second kappa shape index (κ2) is 6.02. The summed E-state index contributed by atoms with van der Waals surface area (Å²) in [6.45, 7) is 6.48. The molecule has 19 heavy (non-hydrogen) atoms. The van der Waals surface area contributed by atoms with Crippen LogP contribution in [0.4, 0.5) is 0 Å². The van der Waals surface area contributed by atoms with Gasteiger partial charge in [0.1, 0.15) is 6.61 Å². The molecule has 1 aromatic heterocycles. The van der Waals surface area contributed by atoms with Gasteiger partial charge < -0.3 is 14.7 Å². The number of pyridine rings is 1. The van der Waals surface area contributed by atoms with Crippen LogP contribution >= 0.6 is 0 Å². The van der Waals surface area contributed by atoms with Gasteiger partial charge in [-0.1, -0.05) is 6.92 Å². The molecule has 0 fully saturated rings. The van der Waals surface area contributed by atoms with Crippen LogP contribution in [-0.2, 0) is 6.42 Å². The van der Waals surface area contributed by atoms with Crippen molar-refractivity contribution in [2.45, 2.75) is 32.7 Å². The molecule has 1 aromatic rings. The molecule has 0 aliphatic heterocycles. The third kappa shape index (κ3) is 4.21. The molecule has 0 aliphatic rings. The summed E-state index contributed by atoms with van der Waals surface area (Å²) in [4.78, 5) is 17.4. The highest BCUT2D eigenvalue weighted by Crippen LogP contribution is 2.17. The van der Waals surface area contributed by atoms with Crippen LogP contribution < -0.4 is 4.74 Å². The summed E-state index contributed by atoms with van der Waals surface area (Å²) in [6, 6.07) is 3.04. The van der Waals surface area contributed by atoms with E-state index in [4.69, 9.17) is 9.84 Å². The van der Waals surface area contributed by atoms with E-state index in [9.17, 15) is 4.79 Å². The summed E-state index contributed by atoms with van der Waals surface area (Å²) in [5.41, 5.74) is 0.787. The average molecular weight is 266 g/mol. The quantitative estimate of drug-likeness (QED) is 0.854. The number of nitrogens with zero attached hydrogens (tertiary/aromatic N) is 2. The normalized spacial score (nSPS) is 11.7. The van der Waals surface area contributed by atoms with Gasteiger partial charge in [-0.3, -0.25) is 0 Å². The Labute approximate surface area is 114 Å². The zero-order valence-corrected chi connectivity index (χ0v) is 12.2. The number of hydrogen-bond acceptors (Lipinski definition) is 4. The van der Waals surface area contributed by atoms with Crippen LogP contribution in [0, 0.1) is 0 Å². The topological polar surface area (TPSA) is 62.7 Å².